The summed E-state index contributed by atoms with van der Waals surface area (Å²) in [6, 6.07) is 9.50. The van der Waals surface area contributed by atoms with E-state index in [2.05, 4.69) is 5.32 Å². The fourth-order valence-corrected chi connectivity index (χ4v) is 2.08. The summed E-state index contributed by atoms with van der Waals surface area (Å²) < 4.78 is 0. The smallest absolute Gasteiger partial charge is 0.237 e. The standard InChI is InChI=1S/C12H18N2OS/c1-10(16-9-5-8-13)12(15)14-11-6-3-2-4-7-11/h2-4,6-7,10H,5,8-9,13H2,1H3,(H,14,15). The SMILES string of the molecule is CC(SCCCN)C(=O)Nc1ccccc1. The topological polar surface area (TPSA) is 55.1 Å². The lowest BCUT2D eigenvalue weighted by molar-refractivity contribution is -0.115. The maximum Gasteiger partial charge on any atom is 0.237 e. The average Bonchev–Trinajstić information content (AvgIpc) is 2.30. The van der Waals surface area contributed by atoms with E-state index >= 15 is 0 Å². The summed E-state index contributed by atoms with van der Waals surface area (Å²) >= 11 is 1.64. The van der Waals surface area contributed by atoms with Crippen LogP contribution in [0.15, 0.2) is 30.3 Å². The summed E-state index contributed by atoms with van der Waals surface area (Å²) in [5.41, 5.74) is 6.25. The number of anilines is 1. The third-order valence-electron chi connectivity index (χ3n) is 2.13. The van der Waals surface area contributed by atoms with E-state index < -0.39 is 0 Å². The first-order valence-corrected chi connectivity index (χ1v) is 6.46. The lowest BCUT2D eigenvalue weighted by Gasteiger charge is -2.11. The number of nitrogens with two attached hydrogens (primary N) is 1. The van der Waals surface area contributed by atoms with Crippen molar-refractivity contribution in [3.63, 3.8) is 0 Å². The fourth-order valence-electron chi connectivity index (χ4n) is 1.18. The highest BCUT2D eigenvalue weighted by atomic mass is 32.2. The molecular weight excluding hydrogens is 220 g/mol. The van der Waals surface area contributed by atoms with Gasteiger partial charge in [-0.1, -0.05) is 18.2 Å². The van der Waals surface area contributed by atoms with Gasteiger partial charge >= 0.3 is 0 Å². The molecule has 0 radical (unpaired) electrons. The lowest BCUT2D eigenvalue weighted by Crippen LogP contribution is -2.22. The Hall–Kier alpha value is -1.00. The predicted octanol–water partition coefficient (Wildman–Crippen LogP) is 2.10. The van der Waals surface area contributed by atoms with Crippen molar-refractivity contribution in [2.45, 2.75) is 18.6 Å². The summed E-state index contributed by atoms with van der Waals surface area (Å²) in [5, 5.41) is 2.84. The van der Waals surface area contributed by atoms with Crippen molar-refractivity contribution in [2.75, 3.05) is 17.6 Å². The van der Waals surface area contributed by atoms with Crippen LogP contribution in [0.5, 0.6) is 0 Å². The molecule has 0 spiro atoms. The normalized spacial score (nSPS) is 12.1. The van der Waals surface area contributed by atoms with Gasteiger partial charge in [0.05, 0.1) is 5.25 Å². The zero-order valence-electron chi connectivity index (χ0n) is 9.48. The maximum atomic E-state index is 11.7. The molecule has 0 heterocycles. The Morgan fingerprint density at radius 1 is 1.44 bits per heavy atom. The van der Waals surface area contributed by atoms with Crippen LogP contribution in [-0.4, -0.2) is 23.5 Å². The molecular formula is C12H18N2OS. The van der Waals surface area contributed by atoms with E-state index in [1.54, 1.807) is 11.8 Å². The minimum atomic E-state index is -0.0354. The monoisotopic (exact) mass is 238 g/mol. The molecule has 1 atom stereocenters. The van der Waals surface area contributed by atoms with Crippen LogP contribution in [0.1, 0.15) is 13.3 Å². The number of benzene rings is 1. The van der Waals surface area contributed by atoms with Crippen molar-refractivity contribution in [2.24, 2.45) is 5.73 Å². The second-order valence-electron chi connectivity index (χ2n) is 3.51. The molecule has 16 heavy (non-hydrogen) atoms. The van der Waals surface area contributed by atoms with Crippen molar-refractivity contribution in [3.05, 3.63) is 30.3 Å². The molecule has 0 aliphatic heterocycles. The number of carbonyl (C=O) groups is 1. The molecule has 3 N–H and O–H groups in total. The third kappa shape index (κ3) is 4.68. The van der Waals surface area contributed by atoms with E-state index in [-0.39, 0.29) is 11.2 Å². The number of hydrogen-bond acceptors (Lipinski definition) is 3. The molecule has 1 amide bonds. The molecule has 88 valence electrons. The van der Waals surface area contributed by atoms with Gasteiger partial charge in [0.15, 0.2) is 0 Å². The van der Waals surface area contributed by atoms with Crippen molar-refractivity contribution in [1.29, 1.82) is 0 Å². The Labute approximate surface area is 101 Å². The summed E-state index contributed by atoms with van der Waals surface area (Å²) in [7, 11) is 0. The molecule has 0 aliphatic rings. The molecule has 0 fully saturated rings. The van der Waals surface area contributed by atoms with Gasteiger partial charge in [-0.25, -0.2) is 0 Å². The third-order valence-corrected chi connectivity index (χ3v) is 3.37. The first-order chi connectivity index (χ1) is 7.74. The summed E-state index contributed by atoms with van der Waals surface area (Å²) in [4.78, 5) is 11.7. The molecule has 3 nitrogen and oxygen atoms in total. The van der Waals surface area contributed by atoms with Crippen molar-refractivity contribution >= 4 is 23.4 Å². The van der Waals surface area contributed by atoms with Crippen LogP contribution in [0.2, 0.25) is 0 Å². The number of para-hydroxylation sites is 1. The van der Waals surface area contributed by atoms with E-state index in [1.165, 1.54) is 0 Å². The maximum absolute atomic E-state index is 11.7. The number of hydrogen-bond donors (Lipinski definition) is 2. The molecule has 4 heteroatoms. The van der Waals surface area contributed by atoms with Crippen LogP contribution in [0.25, 0.3) is 0 Å². The highest BCUT2D eigenvalue weighted by molar-refractivity contribution is 8.00. The second kappa shape index (κ2) is 7.30. The Bertz CT molecular complexity index is 316. The van der Waals surface area contributed by atoms with E-state index in [0.29, 0.717) is 6.54 Å². The minimum Gasteiger partial charge on any atom is -0.330 e. The predicted molar refractivity (Wildman–Crippen MR) is 70.7 cm³/mol. The van der Waals surface area contributed by atoms with E-state index in [4.69, 9.17) is 5.73 Å². The molecule has 1 aromatic carbocycles. The van der Waals surface area contributed by atoms with Gasteiger partial charge < -0.3 is 11.1 Å². The molecule has 0 aromatic heterocycles. The largest absolute Gasteiger partial charge is 0.330 e. The van der Waals surface area contributed by atoms with Crippen LogP contribution < -0.4 is 11.1 Å². The minimum absolute atomic E-state index is 0.0354. The van der Waals surface area contributed by atoms with Gasteiger partial charge in [-0.3, -0.25) is 4.79 Å². The Balaban J connectivity index is 2.34. The zero-order valence-corrected chi connectivity index (χ0v) is 10.3. The number of rotatable bonds is 6. The van der Waals surface area contributed by atoms with Crippen LogP contribution in [0.3, 0.4) is 0 Å². The Kier molecular flexibility index (Phi) is 5.96. The molecule has 1 unspecified atom stereocenters. The van der Waals surface area contributed by atoms with Crippen LogP contribution in [-0.2, 0) is 4.79 Å². The second-order valence-corrected chi connectivity index (χ2v) is 4.96. The van der Waals surface area contributed by atoms with E-state index in [1.807, 2.05) is 37.3 Å². The van der Waals surface area contributed by atoms with Crippen LogP contribution in [0.4, 0.5) is 5.69 Å². The molecule has 0 aliphatic carbocycles. The summed E-state index contributed by atoms with van der Waals surface area (Å²) in [6.45, 7) is 2.60. The number of amides is 1. The molecule has 0 saturated carbocycles. The van der Waals surface area contributed by atoms with Crippen molar-refractivity contribution in [1.82, 2.24) is 0 Å². The molecule has 1 rings (SSSR count). The van der Waals surface area contributed by atoms with Crippen molar-refractivity contribution < 1.29 is 4.79 Å². The number of nitrogens with one attached hydrogen (secondary N) is 1. The summed E-state index contributed by atoms with van der Waals surface area (Å²) in [5.74, 6) is 0.980. The number of carbonyl (C=O) groups excluding carboxylic acids is 1. The highest BCUT2D eigenvalue weighted by Gasteiger charge is 2.12. The first-order valence-electron chi connectivity index (χ1n) is 5.41. The number of thioether (sulfide) groups is 1. The lowest BCUT2D eigenvalue weighted by atomic mass is 10.3. The quantitative estimate of drug-likeness (QED) is 0.746. The van der Waals surface area contributed by atoms with Gasteiger partial charge in [-0.2, -0.15) is 0 Å². The van der Waals surface area contributed by atoms with Gasteiger partial charge in [0.25, 0.3) is 0 Å². The zero-order chi connectivity index (χ0) is 11.8. The summed E-state index contributed by atoms with van der Waals surface area (Å²) in [6.07, 6.45) is 0.952. The first kappa shape index (κ1) is 13.1. The highest BCUT2D eigenvalue weighted by Crippen LogP contribution is 2.14. The molecule has 0 saturated heterocycles. The molecule has 1 aromatic rings. The van der Waals surface area contributed by atoms with Crippen LogP contribution in [0, 0.1) is 0 Å². The Morgan fingerprint density at radius 3 is 2.75 bits per heavy atom. The van der Waals surface area contributed by atoms with Gasteiger partial charge in [0, 0.05) is 5.69 Å². The fraction of sp³-hybridized carbons (Fsp3) is 0.417. The Morgan fingerprint density at radius 2 is 2.12 bits per heavy atom. The average molecular weight is 238 g/mol. The van der Waals surface area contributed by atoms with E-state index in [9.17, 15) is 4.79 Å². The van der Waals surface area contributed by atoms with Gasteiger partial charge in [0.2, 0.25) is 5.91 Å². The van der Waals surface area contributed by atoms with E-state index in [0.717, 1.165) is 17.9 Å². The van der Waals surface area contributed by atoms with Crippen LogP contribution >= 0.6 is 11.8 Å². The van der Waals surface area contributed by atoms with Crippen molar-refractivity contribution in [3.8, 4) is 0 Å². The molecule has 0 bridgehead atoms. The van der Waals surface area contributed by atoms with Gasteiger partial charge in [-0.05, 0) is 37.8 Å². The van der Waals surface area contributed by atoms with Gasteiger partial charge in [0.1, 0.15) is 0 Å². The van der Waals surface area contributed by atoms with Gasteiger partial charge in [-0.15, -0.1) is 11.8 Å².